The minimum Gasteiger partial charge on any atom is -0.344 e. The fourth-order valence-electron chi connectivity index (χ4n) is 3.26. The molecular weight excluding hydrogens is 320 g/mol. The quantitative estimate of drug-likeness (QED) is 0.775. The molecule has 1 aromatic carbocycles. The van der Waals surface area contributed by atoms with Crippen LogP contribution >= 0.6 is 0 Å². The highest BCUT2D eigenvalue weighted by molar-refractivity contribution is 5.93. The van der Waals surface area contributed by atoms with Gasteiger partial charge in [0.15, 0.2) is 5.82 Å². The van der Waals surface area contributed by atoms with Gasteiger partial charge in [0.25, 0.3) is 0 Å². The van der Waals surface area contributed by atoms with Crippen molar-refractivity contribution in [2.24, 2.45) is 0 Å². The molecule has 0 bridgehead atoms. The summed E-state index contributed by atoms with van der Waals surface area (Å²) in [6, 6.07) is 7.26. The predicted octanol–water partition coefficient (Wildman–Crippen LogP) is 1.86. The molecular formula is C17H18N6O2. The average molecular weight is 338 g/mol. The summed E-state index contributed by atoms with van der Waals surface area (Å²) in [5.41, 5.74) is 0.874. The van der Waals surface area contributed by atoms with Gasteiger partial charge in [-0.1, -0.05) is 17.3 Å². The lowest BCUT2D eigenvalue weighted by molar-refractivity contribution is -0.122. The van der Waals surface area contributed by atoms with Crippen molar-refractivity contribution >= 4 is 22.6 Å². The average Bonchev–Trinajstić information content (AvgIpc) is 3.33. The number of hydrogen-bond donors (Lipinski definition) is 1. The van der Waals surface area contributed by atoms with Gasteiger partial charge >= 0.3 is 0 Å². The number of amides is 1. The zero-order chi connectivity index (χ0) is 17.2. The third-order valence-corrected chi connectivity index (χ3v) is 4.47. The first-order valence-corrected chi connectivity index (χ1v) is 8.27. The van der Waals surface area contributed by atoms with Crippen molar-refractivity contribution in [3.63, 3.8) is 0 Å². The maximum Gasteiger partial charge on any atom is 0.243 e. The van der Waals surface area contributed by atoms with Gasteiger partial charge in [0.1, 0.15) is 18.2 Å². The summed E-state index contributed by atoms with van der Waals surface area (Å²) in [4.78, 5) is 27.6. The topological polar surface area (TPSA) is 97.0 Å². The number of para-hydroxylation sites is 1. The van der Waals surface area contributed by atoms with Crippen molar-refractivity contribution in [3.05, 3.63) is 42.8 Å². The standard InChI is InChI=1S/C17H18N6O2/c1-11(15-20-10-25-22-15)21-17(24)14-7-4-8-23(14)16-12-5-2-3-6-13(12)18-9-19-16/h2-3,5-6,9-11,14H,4,7-8H2,1H3,(H,21,24)/t11-,14+/m1/s1. The number of carbonyl (C=O) groups excluding carboxylic acids is 1. The largest absolute Gasteiger partial charge is 0.344 e. The molecule has 1 amide bonds. The Morgan fingerprint density at radius 3 is 3.04 bits per heavy atom. The molecule has 0 spiro atoms. The van der Waals surface area contributed by atoms with E-state index in [-0.39, 0.29) is 18.0 Å². The molecule has 1 N–H and O–H groups in total. The van der Waals surface area contributed by atoms with Gasteiger partial charge in [0.05, 0.1) is 11.6 Å². The first-order chi connectivity index (χ1) is 12.2. The summed E-state index contributed by atoms with van der Waals surface area (Å²) < 4.78 is 4.74. The van der Waals surface area contributed by atoms with Crippen LogP contribution < -0.4 is 10.2 Å². The second-order valence-corrected chi connectivity index (χ2v) is 6.09. The molecule has 3 aromatic rings. The van der Waals surface area contributed by atoms with Crippen LogP contribution in [0, 0.1) is 0 Å². The third kappa shape index (κ3) is 2.90. The van der Waals surface area contributed by atoms with Crippen molar-refractivity contribution < 1.29 is 9.32 Å². The van der Waals surface area contributed by atoms with E-state index in [0.717, 1.165) is 36.1 Å². The van der Waals surface area contributed by atoms with E-state index >= 15 is 0 Å². The van der Waals surface area contributed by atoms with E-state index in [9.17, 15) is 4.79 Å². The van der Waals surface area contributed by atoms with Crippen LogP contribution in [-0.2, 0) is 4.79 Å². The maximum absolute atomic E-state index is 12.8. The van der Waals surface area contributed by atoms with Crippen LogP contribution in [0.2, 0.25) is 0 Å². The Bertz CT molecular complexity index is 876. The van der Waals surface area contributed by atoms with Crippen molar-refractivity contribution in [1.82, 2.24) is 25.4 Å². The normalized spacial score (nSPS) is 18.4. The molecule has 4 rings (SSSR count). The number of carbonyl (C=O) groups is 1. The van der Waals surface area contributed by atoms with Crippen molar-refractivity contribution in [2.45, 2.75) is 31.8 Å². The predicted molar refractivity (Wildman–Crippen MR) is 90.8 cm³/mol. The van der Waals surface area contributed by atoms with Crippen molar-refractivity contribution in [2.75, 3.05) is 11.4 Å². The minimum atomic E-state index is -0.309. The molecule has 25 heavy (non-hydrogen) atoms. The van der Waals surface area contributed by atoms with Crippen molar-refractivity contribution in [3.8, 4) is 0 Å². The lowest BCUT2D eigenvalue weighted by Crippen LogP contribution is -2.44. The Morgan fingerprint density at radius 2 is 2.20 bits per heavy atom. The molecule has 0 radical (unpaired) electrons. The lowest BCUT2D eigenvalue weighted by Gasteiger charge is -2.26. The summed E-state index contributed by atoms with van der Waals surface area (Å²) >= 11 is 0. The number of fused-ring (bicyclic) bond motifs is 1. The maximum atomic E-state index is 12.8. The number of anilines is 1. The number of aromatic nitrogens is 4. The highest BCUT2D eigenvalue weighted by atomic mass is 16.5. The minimum absolute atomic E-state index is 0.0579. The molecule has 8 heteroatoms. The Kier molecular flexibility index (Phi) is 4.01. The van der Waals surface area contributed by atoms with Gasteiger partial charge in [0, 0.05) is 11.9 Å². The number of benzene rings is 1. The van der Waals surface area contributed by atoms with Gasteiger partial charge < -0.3 is 14.7 Å². The molecule has 3 heterocycles. The Labute approximate surface area is 144 Å². The monoisotopic (exact) mass is 338 g/mol. The van der Waals surface area contributed by atoms with E-state index in [1.807, 2.05) is 31.2 Å². The Balaban J connectivity index is 1.58. The summed E-state index contributed by atoms with van der Waals surface area (Å²) in [6.07, 6.45) is 4.52. The van der Waals surface area contributed by atoms with Crippen LogP contribution in [0.25, 0.3) is 10.9 Å². The fraction of sp³-hybridized carbons (Fsp3) is 0.353. The zero-order valence-electron chi connectivity index (χ0n) is 13.8. The van der Waals surface area contributed by atoms with Gasteiger partial charge in [-0.15, -0.1) is 0 Å². The van der Waals surface area contributed by atoms with E-state index in [1.165, 1.54) is 6.39 Å². The molecule has 0 saturated carbocycles. The molecule has 2 atom stereocenters. The van der Waals surface area contributed by atoms with Gasteiger partial charge in [0.2, 0.25) is 12.3 Å². The lowest BCUT2D eigenvalue weighted by atomic mass is 10.1. The van der Waals surface area contributed by atoms with Crippen molar-refractivity contribution in [1.29, 1.82) is 0 Å². The van der Waals surface area contributed by atoms with Gasteiger partial charge in [-0.3, -0.25) is 4.79 Å². The zero-order valence-corrected chi connectivity index (χ0v) is 13.8. The summed E-state index contributed by atoms with van der Waals surface area (Å²) in [5.74, 6) is 1.21. The summed E-state index contributed by atoms with van der Waals surface area (Å²) in [7, 11) is 0. The van der Waals surface area contributed by atoms with E-state index in [1.54, 1.807) is 6.33 Å². The smallest absolute Gasteiger partial charge is 0.243 e. The van der Waals surface area contributed by atoms with Crippen LogP contribution in [-0.4, -0.2) is 38.6 Å². The van der Waals surface area contributed by atoms with Crippen LogP contribution in [0.5, 0.6) is 0 Å². The second kappa shape index (κ2) is 6.46. The highest BCUT2D eigenvalue weighted by Crippen LogP contribution is 2.29. The first-order valence-electron chi connectivity index (χ1n) is 8.27. The van der Waals surface area contributed by atoms with E-state index < -0.39 is 0 Å². The first kappa shape index (κ1) is 15.5. The Hall–Kier alpha value is -3.03. The highest BCUT2D eigenvalue weighted by Gasteiger charge is 2.33. The molecule has 0 unspecified atom stereocenters. The SMILES string of the molecule is C[C@@H](NC(=O)[C@@H]1CCCN1c1ncnc2ccccc12)c1ncon1. The molecule has 1 aliphatic rings. The van der Waals surface area contributed by atoms with E-state index in [4.69, 9.17) is 4.52 Å². The van der Waals surface area contributed by atoms with E-state index in [0.29, 0.717) is 5.82 Å². The van der Waals surface area contributed by atoms with Gasteiger partial charge in [-0.2, -0.15) is 4.98 Å². The molecule has 8 nitrogen and oxygen atoms in total. The van der Waals surface area contributed by atoms with Crippen LogP contribution in [0.1, 0.15) is 31.6 Å². The summed E-state index contributed by atoms with van der Waals surface area (Å²) in [5, 5.41) is 7.70. The Morgan fingerprint density at radius 1 is 1.32 bits per heavy atom. The second-order valence-electron chi connectivity index (χ2n) is 6.09. The van der Waals surface area contributed by atoms with Crippen LogP contribution in [0.4, 0.5) is 5.82 Å². The van der Waals surface area contributed by atoms with E-state index in [2.05, 4.69) is 30.3 Å². The molecule has 2 aromatic heterocycles. The number of rotatable bonds is 4. The number of nitrogens with zero attached hydrogens (tertiary/aromatic N) is 5. The van der Waals surface area contributed by atoms with Gasteiger partial charge in [-0.05, 0) is 31.9 Å². The third-order valence-electron chi connectivity index (χ3n) is 4.47. The molecule has 0 aliphatic carbocycles. The molecule has 1 fully saturated rings. The summed E-state index contributed by atoms with van der Waals surface area (Å²) in [6.45, 7) is 2.62. The van der Waals surface area contributed by atoms with Gasteiger partial charge in [-0.25, -0.2) is 9.97 Å². The number of hydrogen-bond acceptors (Lipinski definition) is 7. The number of nitrogens with one attached hydrogen (secondary N) is 1. The fourth-order valence-corrected chi connectivity index (χ4v) is 3.26. The molecule has 1 aliphatic heterocycles. The molecule has 1 saturated heterocycles. The molecule has 128 valence electrons. The van der Waals surface area contributed by atoms with Crippen LogP contribution in [0.3, 0.4) is 0 Å². The van der Waals surface area contributed by atoms with Crippen LogP contribution in [0.15, 0.2) is 41.5 Å².